The molecule has 0 aliphatic rings. The molecule has 0 bridgehead atoms. The number of carbonyl (C=O) groups excluding carboxylic acids is 2. The van der Waals surface area contributed by atoms with Crippen LogP contribution >= 0.6 is 0 Å². The van der Waals surface area contributed by atoms with Gasteiger partial charge >= 0.3 is 5.97 Å². The zero-order valence-electron chi connectivity index (χ0n) is 15.8. The smallest absolute Gasteiger partial charge is 0.337 e. The molecule has 142 valence electrons. The molecule has 0 spiro atoms. The molecule has 0 aliphatic heterocycles. The molecular weight excluding hydrogens is 356 g/mol. The Balaban J connectivity index is 1.69. The minimum Gasteiger partial charge on any atom is -0.465 e. The number of benzene rings is 2. The van der Waals surface area contributed by atoms with E-state index in [1.807, 2.05) is 32.0 Å². The predicted octanol–water partition coefficient (Wildman–Crippen LogP) is 3.88. The lowest BCUT2D eigenvalue weighted by Crippen LogP contribution is -2.14. The van der Waals surface area contributed by atoms with Gasteiger partial charge < -0.3 is 15.4 Å². The SMILES string of the molecule is COC(=O)c1cccc(Nc2cnc(C(=O)Nc3cc(C)cc(C)c3)cn2)c1. The fourth-order valence-corrected chi connectivity index (χ4v) is 2.74. The largest absolute Gasteiger partial charge is 0.465 e. The summed E-state index contributed by atoms with van der Waals surface area (Å²) in [5.74, 6) is -0.310. The summed E-state index contributed by atoms with van der Waals surface area (Å²) < 4.78 is 4.71. The van der Waals surface area contributed by atoms with E-state index in [4.69, 9.17) is 4.74 Å². The number of amides is 1. The van der Waals surface area contributed by atoms with Crippen LogP contribution in [0.25, 0.3) is 0 Å². The summed E-state index contributed by atoms with van der Waals surface area (Å²) in [6, 6.07) is 12.6. The van der Waals surface area contributed by atoms with Gasteiger partial charge in [0.25, 0.3) is 5.91 Å². The molecule has 7 heteroatoms. The van der Waals surface area contributed by atoms with Crippen molar-refractivity contribution in [2.24, 2.45) is 0 Å². The molecule has 28 heavy (non-hydrogen) atoms. The minimum absolute atomic E-state index is 0.202. The predicted molar refractivity (Wildman–Crippen MR) is 107 cm³/mol. The number of hydrogen-bond acceptors (Lipinski definition) is 6. The van der Waals surface area contributed by atoms with Crippen LogP contribution in [0, 0.1) is 13.8 Å². The Hall–Kier alpha value is -3.74. The molecule has 0 unspecified atom stereocenters. The van der Waals surface area contributed by atoms with Crippen molar-refractivity contribution in [2.45, 2.75) is 13.8 Å². The first-order valence-corrected chi connectivity index (χ1v) is 8.62. The average molecular weight is 376 g/mol. The van der Waals surface area contributed by atoms with Crippen LogP contribution in [0.2, 0.25) is 0 Å². The van der Waals surface area contributed by atoms with Gasteiger partial charge in [0.05, 0.1) is 25.1 Å². The van der Waals surface area contributed by atoms with Crippen LogP contribution in [-0.2, 0) is 4.74 Å². The number of nitrogens with zero attached hydrogens (tertiary/aromatic N) is 2. The number of hydrogen-bond donors (Lipinski definition) is 2. The van der Waals surface area contributed by atoms with E-state index in [2.05, 4.69) is 20.6 Å². The number of anilines is 3. The van der Waals surface area contributed by atoms with E-state index in [-0.39, 0.29) is 11.6 Å². The lowest BCUT2D eigenvalue weighted by Gasteiger charge is -2.09. The van der Waals surface area contributed by atoms with Crippen molar-refractivity contribution >= 4 is 29.1 Å². The maximum atomic E-state index is 12.4. The van der Waals surface area contributed by atoms with Gasteiger partial charge in [-0.25, -0.2) is 14.8 Å². The zero-order valence-corrected chi connectivity index (χ0v) is 15.8. The number of nitrogens with one attached hydrogen (secondary N) is 2. The number of esters is 1. The van der Waals surface area contributed by atoms with Crippen LogP contribution in [0.4, 0.5) is 17.2 Å². The van der Waals surface area contributed by atoms with Crippen LogP contribution in [0.3, 0.4) is 0 Å². The van der Waals surface area contributed by atoms with Gasteiger partial charge in [-0.15, -0.1) is 0 Å². The van der Waals surface area contributed by atoms with Gasteiger partial charge in [0, 0.05) is 11.4 Å². The van der Waals surface area contributed by atoms with E-state index in [0.717, 1.165) is 11.1 Å². The highest BCUT2D eigenvalue weighted by Gasteiger charge is 2.10. The molecule has 1 heterocycles. The number of rotatable bonds is 5. The molecule has 0 aliphatic carbocycles. The first-order valence-electron chi connectivity index (χ1n) is 8.62. The summed E-state index contributed by atoms with van der Waals surface area (Å²) in [5, 5.41) is 5.86. The van der Waals surface area contributed by atoms with Crippen molar-refractivity contribution in [1.29, 1.82) is 0 Å². The summed E-state index contributed by atoms with van der Waals surface area (Å²) in [6.45, 7) is 3.94. The molecular formula is C21H20N4O3. The molecule has 2 aromatic carbocycles. The molecule has 1 amide bonds. The molecule has 2 N–H and O–H groups in total. The van der Waals surface area contributed by atoms with Crippen molar-refractivity contribution in [1.82, 2.24) is 9.97 Å². The minimum atomic E-state index is -0.423. The van der Waals surface area contributed by atoms with Gasteiger partial charge in [0.1, 0.15) is 11.5 Å². The van der Waals surface area contributed by atoms with E-state index >= 15 is 0 Å². The third-order valence-corrected chi connectivity index (χ3v) is 3.92. The molecule has 3 rings (SSSR count). The normalized spacial score (nSPS) is 10.2. The highest BCUT2D eigenvalue weighted by Crippen LogP contribution is 2.17. The fraction of sp³-hybridized carbons (Fsp3) is 0.143. The summed E-state index contributed by atoms with van der Waals surface area (Å²) in [5.41, 5.74) is 4.12. The topological polar surface area (TPSA) is 93.2 Å². The molecule has 0 radical (unpaired) electrons. The second kappa shape index (κ2) is 8.30. The van der Waals surface area contributed by atoms with E-state index in [0.29, 0.717) is 22.8 Å². The van der Waals surface area contributed by atoms with E-state index in [9.17, 15) is 9.59 Å². The van der Waals surface area contributed by atoms with Gasteiger partial charge in [-0.3, -0.25) is 4.79 Å². The van der Waals surface area contributed by atoms with Crippen LogP contribution in [0.5, 0.6) is 0 Å². The summed E-state index contributed by atoms with van der Waals surface area (Å²) >= 11 is 0. The summed E-state index contributed by atoms with van der Waals surface area (Å²) in [7, 11) is 1.33. The molecule has 7 nitrogen and oxygen atoms in total. The number of carbonyl (C=O) groups is 2. The maximum Gasteiger partial charge on any atom is 0.337 e. The van der Waals surface area contributed by atoms with Crippen molar-refractivity contribution in [3.8, 4) is 0 Å². The number of aryl methyl sites for hydroxylation is 2. The van der Waals surface area contributed by atoms with Crippen molar-refractivity contribution in [3.63, 3.8) is 0 Å². The molecule has 0 atom stereocenters. The highest BCUT2D eigenvalue weighted by atomic mass is 16.5. The lowest BCUT2D eigenvalue weighted by molar-refractivity contribution is 0.0600. The standard InChI is InChI=1S/C21H20N4O3/c1-13-7-14(2)9-17(8-13)25-20(26)18-11-23-19(12-22-18)24-16-6-4-5-15(10-16)21(27)28-3/h4-12H,1-3H3,(H,23,24)(H,25,26). The fourth-order valence-electron chi connectivity index (χ4n) is 2.74. The quantitative estimate of drug-likeness (QED) is 0.657. The monoisotopic (exact) mass is 376 g/mol. The molecule has 1 aromatic heterocycles. The van der Waals surface area contributed by atoms with Crippen LogP contribution in [-0.4, -0.2) is 29.0 Å². The molecule has 0 fully saturated rings. The van der Waals surface area contributed by atoms with Gasteiger partial charge in [0.2, 0.25) is 0 Å². The first-order chi connectivity index (χ1) is 13.4. The van der Waals surface area contributed by atoms with Crippen LogP contribution in [0.1, 0.15) is 32.0 Å². The second-order valence-corrected chi connectivity index (χ2v) is 6.31. The Bertz CT molecular complexity index is 996. The maximum absolute atomic E-state index is 12.4. The number of aromatic nitrogens is 2. The van der Waals surface area contributed by atoms with Crippen molar-refractivity contribution in [2.75, 3.05) is 17.7 Å². The lowest BCUT2D eigenvalue weighted by atomic mass is 10.1. The summed E-state index contributed by atoms with van der Waals surface area (Å²) in [4.78, 5) is 32.4. The highest BCUT2D eigenvalue weighted by molar-refractivity contribution is 6.02. The molecule has 0 saturated carbocycles. The first kappa shape index (κ1) is 19.0. The Morgan fingerprint density at radius 2 is 1.68 bits per heavy atom. The zero-order chi connectivity index (χ0) is 20.1. The van der Waals surface area contributed by atoms with Crippen molar-refractivity contribution < 1.29 is 14.3 Å². The Kier molecular flexibility index (Phi) is 5.64. The van der Waals surface area contributed by atoms with Gasteiger partial charge in [-0.05, 0) is 55.3 Å². The third kappa shape index (κ3) is 4.70. The van der Waals surface area contributed by atoms with Crippen molar-refractivity contribution in [3.05, 3.63) is 77.2 Å². The van der Waals surface area contributed by atoms with Gasteiger partial charge in [-0.2, -0.15) is 0 Å². The van der Waals surface area contributed by atoms with Crippen LogP contribution in [0.15, 0.2) is 54.9 Å². The Morgan fingerprint density at radius 3 is 2.32 bits per heavy atom. The summed E-state index contributed by atoms with van der Waals surface area (Å²) in [6.07, 6.45) is 2.85. The molecule has 0 saturated heterocycles. The van der Waals surface area contributed by atoms with E-state index < -0.39 is 5.97 Å². The Morgan fingerprint density at radius 1 is 0.929 bits per heavy atom. The number of ether oxygens (including phenoxy) is 1. The average Bonchev–Trinajstić information content (AvgIpc) is 2.67. The van der Waals surface area contributed by atoms with E-state index in [1.54, 1.807) is 24.3 Å². The Labute approximate surface area is 162 Å². The second-order valence-electron chi connectivity index (χ2n) is 6.31. The molecule has 3 aromatic rings. The van der Waals surface area contributed by atoms with E-state index in [1.165, 1.54) is 19.5 Å². The van der Waals surface area contributed by atoms with Crippen LogP contribution < -0.4 is 10.6 Å². The number of methoxy groups -OCH3 is 1. The van der Waals surface area contributed by atoms with Gasteiger partial charge in [0.15, 0.2) is 0 Å². The van der Waals surface area contributed by atoms with Gasteiger partial charge in [-0.1, -0.05) is 12.1 Å². The third-order valence-electron chi connectivity index (χ3n) is 3.92.